The van der Waals surface area contributed by atoms with Crippen LogP contribution in [0.5, 0.6) is 11.5 Å². The number of carbonyl (C=O) groups is 1. The van der Waals surface area contributed by atoms with Crippen molar-refractivity contribution in [3.63, 3.8) is 0 Å². The monoisotopic (exact) mass is 427 g/mol. The van der Waals surface area contributed by atoms with Crippen molar-refractivity contribution in [3.8, 4) is 28.4 Å². The lowest BCUT2D eigenvalue weighted by Crippen LogP contribution is -2.25. The molecule has 4 aromatic rings. The molecular weight excluding hydrogens is 402 g/mol. The summed E-state index contributed by atoms with van der Waals surface area (Å²) in [7, 11) is 3.27. The van der Waals surface area contributed by atoms with Gasteiger partial charge in [-0.3, -0.25) is 4.79 Å². The van der Waals surface area contributed by atoms with E-state index in [0.717, 1.165) is 34.7 Å². The number of hydrogen-bond acceptors (Lipinski definition) is 4. The summed E-state index contributed by atoms with van der Waals surface area (Å²) in [6, 6.07) is 25.1. The van der Waals surface area contributed by atoms with Gasteiger partial charge in [-0.05, 0) is 60.5 Å². The van der Waals surface area contributed by atoms with Gasteiger partial charge in [-0.15, -0.1) is 0 Å². The number of amides is 1. The van der Waals surface area contributed by atoms with Crippen molar-refractivity contribution in [2.45, 2.75) is 6.42 Å². The third-order valence-corrected chi connectivity index (χ3v) is 5.20. The molecule has 3 aromatic carbocycles. The van der Waals surface area contributed by atoms with Gasteiger partial charge in [0.05, 0.1) is 25.5 Å². The molecule has 1 aromatic heterocycles. The molecule has 0 spiro atoms. The average molecular weight is 428 g/mol. The Bertz CT molecular complexity index is 1170. The number of benzene rings is 3. The van der Waals surface area contributed by atoms with Gasteiger partial charge in [0.15, 0.2) is 0 Å². The topological polar surface area (TPSA) is 65.4 Å². The lowest BCUT2D eigenvalue weighted by molar-refractivity contribution is 0.0954. The molecule has 0 aliphatic carbocycles. The van der Waals surface area contributed by atoms with Crippen LogP contribution in [0.1, 0.15) is 15.9 Å². The summed E-state index contributed by atoms with van der Waals surface area (Å²) in [6.07, 6.45) is 2.50. The van der Waals surface area contributed by atoms with Crippen molar-refractivity contribution >= 4 is 5.91 Å². The van der Waals surface area contributed by atoms with Gasteiger partial charge in [0.25, 0.3) is 5.91 Å². The Hall–Kier alpha value is -4.06. The summed E-state index contributed by atoms with van der Waals surface area (Å²) < 4.78 is 12.2. The van der Waals surface area contributed by atoms with Gasteiger partial charge in [0.1, 0.15) is 17.2 Å². The number of carbonyl (C=O) groups excluding carboxylic acids is 1. The largest absolute Gasteiger partial charge is 0.497 e. The van der Waals surface area contributed by atoms with Gasteiger partial charge in [0.2, 0.25) is 0 Å². The van der Waals surface area contributed by atoms with E-state index in [1.807, 2.05) is 78.9 Å². The number of nitrogens with zero attached hydrogens (tertiary/aromatic N) is 2. The van der Waals surface area contributed by atoms with Gasteiger partial charge in [-0.1, -0.05) is 30.3 Å². The standard InChI is InChI=1S/C26H25N3O3/c1-31-22-12-8-19(9-13-22)16-17-27-26(30)24-18-29(21-6-4-3-5-7-21)28-25(24)20-10-14-23(32-2)15-11-20/h3-15,18H,16-17H2,1-2H3,(H,27,30). The molecule has 0 fully saturated rings. The first-order chi connectivity index (χ1) is 15.7. The van der Waals surface area contributed by atoms with Gasteiger partial charge in [-0.2, -0.15) is 5.10 Å². The quantitative estimate of drug-likeness (QED) is 0.449. The zero-order valence-electron chi connectivity index (χ0n) is 18.1. The van der Waals surface area contributed by atoms with Crippen LogP contribution in [0.2, 0.25) is 0 Å². The summed E-state index contributed by atoms with van der Waals surface area (Å²) in [5.74, 6) is 1.41. The number of para-hydroxylation sites is 1. The number of nitrogens with one attached hydrogen (secondary N) is 1. The van der Waals surface area contributed by atoms with Crippen molar-refractivity contribution in [1.29, 1.82) is 0 Å². The molecule has 0 aliphatic heterocycles. The molecule has 6 heteroatoms. The van der Waals surface area contributed by atoms with E-state index >= 15 is 0 Å². The van der Waals surface area contributed by atoms with Gasteiger partial charge < -0.3 is 14.8 Å². The number of rotatable bonds is 8. The van der Waals surface area contributed by atoms with E-state index < -0.39 is 0 Å². The smallest absolute Gasteiger partial charge is 0.255 e. The second kappa shape index (κ2) is 9.83. The number of ether oxygens (including phenoxy) is 2. The molecule has 32 heavy (non-hydrogen) atoms. The van der Waals surface area contributed by atoms with E-state index in [-0.39, 0.29) is 5.91 Å². The van der Waals surface area contributed by atoms with Crippen LogP contribution in [0.4, 0.5) is 0 Å². The van der Waals surface area contributed by atoms with Gasteiger partial charge in [0, 0.05) is 18.3 Å². The molecule has 1 amide bonds. The van der Waals surface area contributed by atoms with Crippen LogP contribution >= 0.6 is 0 Å². The molecule has 162 valence electrons. The van der Waals surface area contributed by atoms with Crippen molar-refractivity contribution in [2.24, 2.45) is 0 Å². The van der Waals surface area contributed by atoms with E-state index in [1.54, 1.807) is 25.1 Å². The highest BCUT2D eigenvalue weighted by Crippen LogP contribution is 2.26. The number of hydrogen-bond donors (Lipinski definition) is 1. The van der Waals surface area contributed by atoms with E-state index in [9.17, 15) is 4.79 Å². The second-order valence-electron chi connectivity index (χ2n) is 7.25. The van der Waals surface area contributed by atoms with Gasteiger partial charge in [-0.25, -0.2) is 4.68 Å². The predicted molar refractivity (Wildman–Crippen MR) is 125 cm³/mol. The van der Waals surface area contributed by atoms with Crippen molar-refractivity contribution in [2.75, 3.05) is 20.8 Å². The Morgan fingerprint density at radius 2 is 1.50 bits per heavy atom. The molecule has 0 bridgehead atoms. The SMILES string of the molecule is COc1ccc(CCNC(=O)c2cn(-c3ccccc3)nc2-c2ccc(OC)cc2)cc1. The summed E-state index contributed by atoms with van der Waals surface area (Å²) in [4.78, 5) is 13.1. The maximum Gasteiger partial charge on any atom is 0.255 e. The Labute approximate surface area is 187 Å². The highest BCUT2D eigenvalue weighted by atomic mass is 16.5. The molecule has 0 radical (unpaired) electrons. The third-order valence-electron chi connectivity index (χ3n) is 5.20. The van der Waals surface area contributed by atoms with Crippen molar-refractivity contribution in [3.05, 3.63) is 96.2 Å². The summed E-state index contributed by atoms with van der Waals surface area (Å²) in [5, 5.41) is 7.74. The van der Waals surface area contributed by atoms with E-state index in [4.69, 9.17) is 14.6 Å². The highest BCUT2D eigenvalue weighted by molar-refractivity contribution is 6.00. The first-order valence-corrected chi connectivity index (χ1v) is 10.4. The van der Waals surface area contributed by atoms with Crippen LogP contribution < -0.4 is 14.8 Å². The minimum absolute atomic E-state index is 0.161. The van der Waals surface area contributed by atoms with Crippen molar-refractivity contribution in [1.82, 2.24) is 15.1 Å². The molecule has 0 atom stereocenters. The van der Waals surface area contributed by atoms with Crippen LogP contribution in [0.25, 0.3) is 16.9 Å². The third kappa shape index (κ3) is 4.81. The van der Waals surface area contributed by atoms with Crippen LogP contribution in [0, 0.1) is 0 Å². The molecular formula is C26H25N3O3. The molecule has 0 unspecified atom stereocenters. The fraction of sp³-hybridized carbons (Fsp3) is 0.154. The lowest BCUT2D eigenvalue weighted by Gasteiger charge is -2.07. The van der Waals surface area contributed by atoms with Crippen LogP contribution in [0.15, 0.2) is 85.1 Å². The molecule has 1 N–H and O–H groups in total. The van der Waals surface area contributed by atoms with Gasteiger partial charge >= 0.3 is 0 Å². The lowest BCUT2D eigenvalue weighted by atomic mass is 10.1. The molecule has 1 heterocycles. The second-order valence-corrected chi connectivity index (χ2v) is 7.25. The first-order valence-electron chi connectivity index (χ1n) is 10.4. The Balaban J connectivity index is 1.56. The normalized spacial score (nSPS) is 10.6. The van der Waals surface area contributed by atoms with Crippen molar-refractivity contribution < 1.29 is 14.3 Å². The summed E-state index contributed by atoms with van der Waals surface area (Å²) >= 11 is 0. The Kier molecular flexibility index (Phi) is 6.51. The number of aromatic nitrogens is 2. The summed E-state index contributed by atoms with van der Waals surface area (Å²) in [5.41, 5.74) is 4.01. The molecule has 6 nitrogen and oxygen atoms in total. The van der Waals surface area contributed by atoms with Crippen LogP contribution in [-0.2, 0) is 6.42 Å². The molecule has 0 saturated heterocycles. The fourth-order valence-corrected chi connectivity index (χ4v) is 3.42. The first kappa shape index (κ1) is 21.2. The molecule has 0 saturated carbocycles. The van der Waals surface area contributed by atoms with E-state index in [1.165, 1.54) is 0 Å². The number of methoxy groups -OCH3 is 2. The molecule has 0 aliphatic rings. The minimum atomic E-state index is -0.161. The highest BCUT2D eigenvalue weighted by Gasteiger charge is 2.18. The fourth-order valence-electron chi connectivity index (χ4n) is 3.42. The Morgan fingerprint density at radius 1 is 0.875 bits per heavy atom. The zero-order valence-corrected chi connectivity index (χ0v) is 18.1. The maximum absolute atomic E-state index is 13.1. The van der Waals surface area contributed by atoms with E-state index in [2.05, 4.69) is 5.32 Å². The average Bonchev–Trinajstić information content (AvgIpc) is 3.31. The summed E-state index contributed by atoms with van der Waals surface area (Å²) in [6.45, 7) is 0.518. The zero-order chi connectivity index (χ0) is 22.3. The van der Waals surface area contributed by atoms with Crippen LogP contribution in [0.3, 0.4) is 0 Å². The van der Waals surface area contributed by atoms with E-state index in [0.29, 0.717) is 17.8 Å². The van der Waals surface area contributed by atoms with Crippen LogP contribution in [-0.4, -0.2) is 36.5 Å². The minimum Gasteiger partial charge on any atom is -0.497 e. The molecule has 4 rings (SSSR count). The Morgan fingerprint density at radius 3 is 2.12 bits per heavy atom. The maximum atomic E-state index is 13.1. The predicted octanol–water partition coefficient (Wildman–Crippen LogP) is 4.53.